The van der Waals surface area contributed by atoms with Crippen LogP contribution in [0, 0.1) is 0 Å². The van der Waals surface area contributed by atoms with Gasteiger partial charge in [0.25, 0.3) is 0 Å². The predicted molar refractivity (Wildman–Crippen MR) is 51.8 cm³/mol. The molecule has 0 spiro atoms. The van der Waals surface area contributed by atoms with Crippen LogP contribution in [0.15, 0.2) is 48.8 Å². The van der Waals surface area contributed by atoms with Gasteiger partial charge in [0.15, 0.2) is 0 Å². The maximum absolute atomic E-state index is 8.52. The monoisotopic (exact) mass is 190 g/mol. The molecule has 0 unspecified atom stereocenters. The molecule has 2 N–H and O–H groups in total. The quantitative estimate of drug-likeness (QED) is 0.661. The molecule has 0 atom stereocenters. The summed E-state index contributed by atoms with van der Waals surface area (Å²) in [6.07, 6.45) is 3.07. The van der Waals surface area contributed by atoms with Crippen molar-refractivity contribution in [2.75, 3.05) is 0 Å². The number of hydrogen-bond acceptors (Lipinski definition) is 4. The van der Waals surface area contributed by atoms with Crippen LogP contribution in [0.2, 0.25) is 0 Å². The summed E-state index contributed by atoms with van der Waals surface area (Å²) < 4.78 is 0. The summed E-state index contributed by atoms with van der Waals surface area (Å²) in [5.41, 5.74) is 0. The first kappa shape index (κ1) is 9.98. The van der Waals surface area contributed by atoms with Gasteiger partial charge in [0.1, 0.15) is 0 Å². The van der Waals surface area contributed by atoms with Crippen LogP contribution in [0.1, 0.15) is 0 Å². The predicted octanol–water partition coefficient (Wildman–Crippen LogP) is 1.57. The van der Waals surface area contributed by atoms with Crippen molar-refractivity contribution in [2.24, 2.45) is 0 Å². The molecule has 0 aliphatic heterocycles. The molecule has 72 valence electrons. The highest BCUT2D eigenvalue weighted by Gasteiger charge is 1.77. The summed E-state index contributed by atoms with van der Waals surface area (Å²) in [4.78, 5) is 7.07. The first-order valence-corrected chi connectivity index (χ1v) is 3.99. The minimum Gasteiger partial charge on any atom is -0.493 e. The third-order valence-electron chi connectivity index (χ3n) is 1.30. The number of pyridine rings is 2. The number of aromatic nitrogens is 2. The maximum Gasteiger partial charge on any atom is 0.210 e. The van der Waals surface area contributed by atoms with Gasteiger partial charge in [0, 0.05) is 24.5 Å². The molecular weight excluding hydrogens is 180 g/mol. The van der Waals surface area contributed by atoms with Crippen molar-refractivity contribution in [1.82, 2.24) is 9.97 Å². The maximum atomic E-state index is 8.52. The molecule has 2 aromatic rings. The van der Waals surface area contributed by atoms with E-state index in [-0.39, 0.29) is 11.8 Å². The summed E-state index contributed by atoms with van der Waals surface area (Å²) in [6, 6.07) is 10.0. The zero-order valence-electron chi connectivity index (χ0n) is 7.41. The third-order valence-corrected chi connectivity index (χ3v) is 1.30. The van der Waals surface area contributed by atoms with Crippen molar-refractivity contribution in [1.29, 1.82) is 0 Å². The zero-order chi connectivity index (χ0) is 10.2. The Morgan fingerprint density at radius 3 is 1.29 bits per heavy atom. The molecule has 4 nitrogen and oxygen atoms in total. The fraction of sp³-hybridized carbons (Fsp3) is 0. The van der Waals surface area contributed by atoms with Crippen LogP contribution in [0.5, 0.6) is 11.8 Å². The molecule has 0 saturated heterocycles. The molecule has 0 radical (unpaired) electrons. The van der Waals surface area contributed by atoms with Gasteiger partial charge in [-0.1, -0.05) is 12.1 Å². The number of aromatic hydroxyl groups is 2. The average molecular weight is 190 g/mol. The van der Waals surface area contributed by atoms with E-state index < -0.39 is 0 Å². The molecule has 0 amide bonds. The largest absolute Gasteiger partial charge is 0.493 e. The van der Waals surface area contributed by atoms with Gasteiger partial charge in [-0.15, -0.1) is 0 Å². The van der Waals surface area contributed by atoms with E-state index in [1.807, 2.05) is 0 Å². The second kappa shape index (κ2) is 5.53. The van der Waals surface area contributed by atoms with Crippen LogP contribution >= 0.6 is 0 Å². The lowest BCUT2D eigenvalue weighted by Gasteiger charge is -1.81. The molecule has 0 aliphatic carbocycles. The highest BCUT2D eigenvalue weighted by molar-refractivity contribution is 5.06. The molecule has 4 heteroatoms. The van der Waals surface area contributed by atoms with Crippen molar-refractivity contribution in [3.05, 3.63) is 48.8 Å². The molecule has 0 aromatic carbocycles. The van der Waals surface area contributed by atoms with Gasteiger partial charge in [-0.05, 0) is 12.1 Å². The van der Waals surface area contributed by atoms with E-state index in [0.29, 0.717) is 0 Å². The molecule has 0 aliphatic rings. The van der Waals surface area contributed by atoms with Crippen molar-refractivity contribution < 1.29 is 10.2 Å². The Kier molecular flexibility index (Phi) is 3.94. The Bertz CT molecular complexity index is 314. The van der Waals surface area contributed by atoms with E-state index in [2.05, 4.69) is 9.97 Å². The summed E-state index contributed by atoms with van der Waals surface area (Å²) >= 11 is 0. The summed E-state index contributed by atoms with van der Waals surface area (Å²) in [5.74, 6) is 0.144. The van der Waals surface area contributed by atoms with E-state index >= 15 is 0 Å². The van der Waals surface area contributed by atoms with Crippen molar-refractivity contribution in [3.63, 3.8) is 0 Å². The molecular formula is C10H10N2O2. The van der Waals surface area contributed by atoms with E-state index in [1.165, 1.54) is 24.5 Å². The highest BCUT2D eigenvalue weighted by atomic mass is 16.3. The Morgan fingerprint density at radius 2 is 1.14 bits per heavy atom. The van der Waals surface area contributed by atoms with Gasteiger partial charge in [0.05, 0.1) is 0 Å². The molecule has 2 aromatic heterocycles. The zero-order valence-corrected chi connectivity index (χ0v) is 7.41. The third kappa shape index (κ3) is 4.06. The molecule has 2 rings (SSSR count). The minimum absolute atomic E-state index is 0.0718. The Hall–Kier alpha value is -2.10. The smallest absolute Gasteiger partial charge is 0.210 e. The van der Waals surface area contributed by atoms with E-state index in [9.17, 15) is 0 Å². The van der Waals surface area contributed by atoms with Crippen molar-refractivity contribution in [2.45, 2.75) is 0 Å². The molecule has 14 heavy (non-hydrogen) atoms. The lowest BCUT2D eigenvalue weighted by molar-refractivity contribution is 0.453. The fourth-order valence-electron chi connectivity index (χ4n) is 0.707. The van der Waals surface area contributed by atoms with Gasteiger partial charge in [0.2, 0.25) is 11.8 Å². The lowest BCUT2D eigenvalue weighted by atomic mass is 10.5. The second-order valence-electron chi connectivity index (χ2n) is 2.38. The minimum atomic E-state index is 0.0718. The Labute approximate surface area is 81.5 Å². The number of rotatable bonds is 0. The average Bonchev–Trinajstić information content (AvgIpc) is 2.21. The van der Waals surface area contributed by atoms with Gasteiger partial charge >= 0.3 is 0 Å². The standard InChI is InChI=1S/2C5H5NO/c2*7-5-3-1-2-4-6-5/h2*1-4H,(H,6,7). The van der Waals surface area contributed by atoms with Crippen LogP contribution < -0.4 is 0 Å². The van der Waals surface area contributed by atoms with Gasteiger partial charge in [-0.25, -0.2) is 9.97 Å². The number of hydrogen-bond donors (Lipinski definition) is 2. The lowest BCUT2D eigenvalue weighted by Crippen LogP contribution is -1.66. The first-order chi connectivity index (χ1) is 6.79. The van der Waals surface area contributed by atoms with E-state index in [0.717, 1.165) is 0 Å². The topological polar surface area (TPSA) is 66.2 Å². The van der Waals surface area contributed by atoms with Crippen LogP contribution in [-0.4, -0.2) is 20.2 Å². The van der Waals surface area contributed by atoms with Gasteiger partial charge in [-0.2, -0.15) is 0 Å². The first-order valence-electron chi connectivity index (χ1n) is 3.99. The molecule has 0 bridgehead atoms. The van der Waals surface area contributed by atoms with Gasteiger partial charge < -0.3 is 10.2 Å². The van der Waals surface area contributed by atoms with Crippen molar-refractivity contribution in [3.8, 4) is 11.8 Å². The SMILES string of the molecule is Oc1ccccn1.Oc1ccccn1. The normalized spacial score (nSPS) is 8.57. The summed E-state index contributed by atoms with van der Waals surface area (Å²) in [5, 5.41) is 17.0. The van der Waals surface area contributed by atoms with Gasteiger partial charge in [-0.3, -0.25) is 0 Å². The number of nitrogens with zero attached hydrogens (tertiary/aromatic N) is 2. The Morgan fingerprint density at radius 1 is 0.714 bits per heavy atom. The molecule has 2 heterocycles. The Balaban J connectivity index is 0.000000140. The summed E-state index contributed by atoms with van der Waals surface area (Å²) in [6.45, 7) is 0. The van der Waals surface area contributed by atoms with Crippen molar-refractivity contribution >= 4 is 0 Å². The molecule has 0 saturated carbocycles. The second-order valence-corrected chi connectivity index (χ2v) is 2.38. The van der Waals surface area contributed by atoms with Crippen LogP contribution in [0.3, 0.4) is 0 Å². The summed E-state index contributed by atoms with van der Waals surface area (Å²) in [7, 11) is 0. The van der Waals surface area contributed by atoms with Crippen LogP contribution in [0.25, 0.3) is 0 Å². The van der Waals surface area contributed by atoms with E-state index in [4.69, 9.17) is 10.2 Å². The highest BCUT2D eigenvalue weighted by Crippen LogP contribution is 1.97. The van der Waals surface area contributed by atoms with E-state index in [1.54, 1.807) is 24.3 Å². The fourth-order valence-corrected chi connectivity index (χ4v) is 0.707. The molecule has 0 fully saturated rings. The van der Waals surface area contributed by atoms with Crippen LogP contribution in [-0.2, 0) is 0 Å². The van der Waals surface area contributed by atoms with Crippen LogP contribution in [0.4, 0.5) is 0 Å².